The molecular weight excluding hydrogens is 510 g/mol. The van der Waals surface area contributed by atoms with Crippen molar-refractivity contribution in [2.24, 2.45) is 5.10 Å². The summed E-state index contributed by atoms with van der Waals surface area (Å²) in [5.74, 6) is -1.01. The maximum atomic E-state index is 14.6. The van der Waals surface area contributed by atoms with E-state index in [9.17, 15) is 18.4 Å². The van der Waals surface area contributed by atoms with Crippen LogP contribution in [0.1, 0.15) is 26.1 Å². The summed E-state index contributed by atoms with van der Waals surface area (Å²) in [6.45, 7) is 10.5. The number of aromatic nitrogens is 5. The summed E-state index contributed by atoms with van der Waals surface area (Å²) in [4.78, 5) is 37.6. The van der Waals surface area contributed by atoms with Crippen LogP contribution in [-0.4, -0.2) is 78.7 Å². The van der Waals surface area contributed by atoms with Gasteiger partial charge in [0, 0.05) is 50.9 Å². The normalized spacial score (nSPS) is 18.1. The van der Waals surface area contributed by atoms with Crippen molar-refractivity contribution in [3.05, 3.63) is 64.0 Å². The van der Waals surface area contributed by atoms with Crippen LogP contribution >= 0.6 is 0 Å². The van der Waals surface area contributed by atoms with Crippen LogP contribution in [-0.2, 0) is 6.54 Å². The molecule has 0 spiro atoms. The molecule has 4 rings (SSSR count). The zero-order valence-electron chi connectivity index (χ0n) is 21.9. The number of carbonyl (C=O) groups excluding carboxylic acids is 1. The molecule has 0 saturated carbocycles. The number of amides is 2. The van der Waals surface area contributed by atoms with E-state index in [1.807, 2.05) is 6.07 Å². The highest BCUT2D eigenvalue weighted by molar-refractivity contribution is 5.79. The predicted molar refractivity (Wildman–Crippen MR) is 139 cm³/mol. The van der Waals surface area contributed by atoms with Crippen LogP contribution in [0.15, 0.2) is 51.8 Å². The van der Waals surface area contributed by atoms with E-state index in [1.54, 1.807) is 29.9 Å². The van der Waals surface area contributed by atoms with Crippen LogP contribution in [0, 0.1) is 24.1 Å². The lowest BCUT2D eigenvalue weighted by Gasteiger charge is -2.37. The number of carbonyl (C=O) groups is 1. The average molecular weight is 539 g/mol. The Labute approximate surface area is 223 Å². The van der Waals surface area contributed by atoms with Gasteiger partial charge in [0.2, 0.25) is 5.95 Å². The molecule has 2 aromatic heterocycles. The molecule has 0 N–H and O–H groups in total. The third kappa shape index (κ3) is 5.62. The molecule has 12 nitrogen and oxygen atoms in total. The number of hydrogen-bond donors (Lipinski definition) is 0. The first kappa shape index (κ1) is 27.4. The number of aryl methyl sites for hydroxylation is 1. The number of hydrogen-bond acceptors (Lipinski definition) is 8. The van der Waals surface area contributed by atoms with Crippen LogP contribution in [0.2, 0.25) is 0 Å². The molecule has 0 aromatic carbocycles. The molecule has 2 aliphatic heterocycles. The van der Waals surface area contributed by atoms with Gasteiger partial charge in [0.25, 0.3) is 0 Å². The number of allylic oxidation sites excluding steroid dienone is 3. The van der Waals surface area contributed by atoms with Gasteiger partial charge < -0.3 is 9.80 Å². The molecule has 2 aromatic rings. The summed E-state index contributed by atoms with van der Waals surface area (Å²) in [6, 6.07) is 0.938. The van der Waals surface area contributed by atoms with Gasteiger partial charge in [-0.1, -0.05) is 6.58 Å². The van der Waals surface area contributed by atoms with Gasteiger partial charge in [-0.25, -0.2) is 28.4 Å². The highest BCUT2D eigenvalue weighted by Crippen LogP contribution is 2.24. The largest absolute Gasteiger partial charge is 0.352 e. The van der Waals surface area contributed by atoms with Crippen molar-refractivity contribution in [2.45, 2.75) is 39.8 Å². The Kier molecular flexibility index (Phi) is 7.99. The molecule has 4 heterocycles. The van der Waals surface area contributed by atoms with Gasteiger partial charge in [0.05, 0.1) is 18.3 Å². The monoisotopic (exact) mass is 538 g/mol. The Balaban J connectivity index is 1.44. The molecule has 0 aliphatic carbocycles. The Morgan fingerprint density at radius 2 is 2.00 bits per heavy atom. The van der Waals surface area contributed by atoms with E-state index >= 15 is 0 Å². The second-order valence-corrected chi connectivity index (χ2v) is 9.02. The lowest BCUT2D eigenvalue weighted by Crippen LogP contribution is -2.53. The quantitative estimate of drug-likeness (QED) is 0.408. The standard InChI is InChI=1S/C25H28F2N10O2/c1-5-35-18(4)32-37(25(35)39)22-20(27)15-29-23(31-22)33-8-10-34(11-9-33)24(38)36-21(6-7-30-36)17(3)13-19(26)12-16(2)14-28/h7,12-13,15,21H,3,5-6,8-11H2,1-2,4H3/b16-12+,19-13+/t21-/m0/s1. The average Bonchev–Trinajstić information content (AvgIpc) is 3.52. The maximum absolute atomic E-state index is 14.6. The summed E-state index contributed by atoms with van der Waals surface area (Å²) in [5.41, 5.74) is 0.0597. The minimum atomic E-state index is -0.780. The molecule has 1 fully saturated rings. The fourth-order valence-electron chi connectivity index (χ4n) is 4.35. The van der Waals surface area contributed by atoms with Crippen molar-refractivity contribution in [1.29, 1.82) is 5.26 Å². The van der Waals surface area contributed by atoms with Crippen molar-refractivity contribution >= 4 is 18.2 Å². The number of hydrazone groups is 1. The SMILES string of the molecule is C=C(/C=C(F)\C=C(/C)C#N)[C@@H]1CC=NN1C(=O)N1CCN(c2ncc(F)c(-n3nc(C)n(CC)c3=O)n2)CC1. The van der Waals surface area contributed by atoms with Crippen LogP contribution in [0.5, 0.6) is 0 Å². The highest BCUT2D eigenvalue weighted by atomic mass is 19.1. The summed E-state index contributed by atoms with van der Waals surface area (Å²) in [7, 11) is 0. The molecule has 14 heteroatoms. The smallest absolute Gasteiger partial charge is 0.337 e. The van der Waals surface area contributed by atoms with Gasteiger partial charge in [-0.05, 0) is 38.5 Å². The number of nitriles is 1. The third-order valence-electron chi connectivity index (χ3n) is 6.42. The van der Waals surface area contributed by atoms with Crippen molar-refractivity contribution in [3.63, 3.8) is 0 Å². The third-order valence-corrected chi connectivity index (χ3v) is 6.42. The van der Waals surface area contributed by atoms with Crippen LogP contribution < -0.4 is 10.6 Å². The summed E-state index contributed by atoms with van der Waals surface area (Å²) in [5, 5.41) is 18.4. The minimum absolute atomic E-state index is 0.208. The van der Waals surface area contributed by atoms with Gasteiger partial charge in [-0.3, -0.25) is 4.57 Å². The van der Waals surface area contributed by atoms with Gasteiger partial charge >= 0.3 is 11.7 Å². The Morgan fingerprint density at radius 1 is 1.28 bits per heavy atom. The van der Waals surface area contributed by atoms with E-state index in [-0.39, 0.29) is 23.4 Å². The fraction of sp³-hybridized carbons (Fsp3) is 0.400. The second-order valence-electron chi connectivity index (χ2n) is 9.02. The first-order valence-electron chi connectivity index (χ1n) is 12.3. The molecular formula is C25H28F2N10O2. The van der Waals surface area contributed by atoms with Gasteiger partial charge in [-0.15, -0.1) is 5.10 Å². The zero-order chi connectivity index (χ0) is 28.3. The number of piperazine rings is 1. The Hall–Kier alpha value is -4.67. The highest BCUT2D eigenvalue weighted by Gasteiger charge is 2.33. The van der Waals surface area contributed by atoms with E-state index in [1.165, 1.54) is 22.6 Å². The molecule has 2 amide bonds. The van der Waals surface area contributed by atoms with Crippen molar-refractivity contribution in [3.8, 4) is 11.9 Å². The Morgan fingerprint density at radius 3 is 2.64 bits per heavy atom. The van der Waals surface area contributed by atoms with Crippen molar-refractivity contribution < 1.29 is 13.6 Å². The number of rotatable bonds is 6. The van der Waals surface area contributed by atoms with E-state index in [4.69, 9.17) is 5.26 Å². The molecule has 0 bridgehead atoms. The first-order chi connectivity index (χ1) is 18.6. The van der Waals surface area contributed by atoms with Crippen molar-refractivity contribution in [2.75, 3.05) is 31.1 Å². The van der Waals surface area contributed by atoms with Gasteiger partial charge in [-0.2, -0.15) is 20.0 Å². The number of urea groups is 1. The summed E-state index contributed by atoms with van der Waals surface area (Å²) in [6.07, 6.45) is 5.25. The van der Waals surface area contributed by atoms with Crippen LogP contribution in [0.25, 0.3) is 5.82 Å². The number of anilines is 1. The molecule has 0 radical (unpaired) electrons. The van der Waals surface area contributed by atoms with E-state index in [2.05, 4.69) is 26.7 Å². The van der Waals surface area contributed by atoms with Crippen LogP contribution in [0.4, 0.5) is 19.5 Å². The molecule has 1 saturated heterocycles. The number of nitrogens with zero attached hydrogens (tertiary/aromatic N) is 10. The minimum Gasteiger partial charge on any atom is -0.337 e. The first-order valence-corrected chi connectivity index (χ1v) is 12.3. The fourth-order valence-corrected chi connectivity index (χ4v) is 4.35. The van der Waals surface area contributed by atoms with E-state index < -0.39 is 23.4 Å². The van der Waals surface area contributed by atoms with E-state index in [0.29, 0.717) is 50.5 Å². The molecule has 39 heavy (non-hydrogen) atoms. The zero-order valence-corrected chi connectivity index (χ0v) is 21.9. The molecule has 204 valence electrons. The topological polar surface area (TPSA) is 129 Å². The second kappa shape index (κ2) is 11.4. The van der Waals surface area contributed by atoms with Gasteiger partial charge in [0.1, 0.15) is 11.7 Å². The van der Waals surface area contributed by atoms with Crippen LogP contribution in [0.3, 0.4) is 0 Å². The Bertz CT molecular complexity index is 1470. The predicted octanol–water partition coefficient (Wildman–Crippen LogP) is 2.47. The maximum Gasteiger partial charge on any atom is 0.352 e. The molecule has 2 aliphatic rings. The lowest BCUT2D eigenvalue weighted by molar-refractivity contribution is 0.145. The number of halogens is 2. The lowest BCUT2D eigenvalue weighted by atomic mass is 10.1. The van der Waals surface area contributed by atoms with Crippen molar-refractivity contribution in [1.82, 2.24) is 34.2 Å². The molecule has 1 atom stereocenters. The summed E-state index contributed by atoms with van der Waals surface area (Å²) >= 11 is 0. The summed E-state index contributed by atoms with van der Waals surface area (Å²) < 4.78 is 31.1. The van der Waals surface area contributed by atoms with Gasteiger partial charge in [0.15, 0.2) is 11.6 Å². The molecule has 0 unspecified atom stereocenters. The van der Waals surface area contributed by atoms with E-state index in [0.717, 1.165) is 17.0 Å².